The van der Waals surface area contributed by atoms with Crippen molar-refractivity contribution in [1.82, 2.24) is 10.2 Å². The summed E-state index contributed by atoms with van der Waals surface area (Å²) in [6.45, 7) is 4.59. The smallest absolute Gasteiger partial charge is 0.410 e. The van der Waals surface area contributed by atoms with E-state index in [1.807, 2.05) is 30.3 Å². The third-order valence-corrected chi connectivity index (χ3v) is 4.07. The predicted octanol–water partition coefficient (Wildman–Crippen LogP) is 2.04. The lowest BCUT2D eigenvalue weighted by atomic mass is 10.1. The second kappa shape index (κ2) is 8.62. The second-order valence-electron chi connectivity index (χ2n) is 5.45. The molecule has 23 heavy (non-hydrogen) atoms. The maximum Gasteiger partial charge on any atom is 0.410 e. The van der Waals surface area contributed by atoms with Crippen molar-refractivity contribution in [3.05, 3.63) is 48.6 Å². The summed E-state index contributed by atoms with van der Waals surface area (Å²) >= 11 is 4.39. The largest absolute Gasteiger partial charge is 0.445 e. The number of hydrogen-bond donors (Lipinski definition) is 2. The number of thiol groups is 1. The van der Waals surface area contributed by atoms with Crippen molar-refractivity contribution >= 4 is 24.6 Å². The highest BCUT2D eigenvalue weighted by Gasteiger charge is 2.38. The molecule has 124 valence electrons. The fraction of sp³-hybridized carbons (Fsp3) is 0.412. The van der Waals surface area contributed by atoms with Gasteiger partial charge in [0.15, 0.2) is 0 Å². The van der Waals surface area contributed by atoms with E-state index >= 15 is 0 Å². The molecule has 0 spiro atoms. The molecule has 1 heterocycles. The minimum absolute atomic E-state index is 0.0174. The Balaban J connectivity index is 1.86. The van der Waals surface area contributed by atoms with Crippen LogP contribution in [0.4, 0.5) is 4.79 Å². The van der Waals surface area contributed by atoms with Crippen molar-refractivity contribution in [2.45, 2.75) is 24.1 Å². The zero-order chi connectivity index (χ0) is 16.7. The molecule has 6 heteroatoms. The Kier molecular flexibility index (Phi) is 6.52. The number of carbonyl (C=O) groups is 2. The molecule has 1 saturated heterocycles. The van der Waals surface area contributed by atoms with E-state index in [0.29, 0.717) is 19.5 Å². The van der Waals surface area contributed by atoms with E-state index in [9.17, 15) is 9.59 Å². The minimum Gasteiger partial charge on any atom is -0.445 e. The molecule has 2 atom stereocenters. The quantitative estimate of drug-likeness (QED) is 0.618. The summed E-state index contributed by atoms with van der Waals surface area (Å²) in [7, 11) is 0. The van der Waals surface area contributed by atoms with Crippen LogP contribution in [0.2, 0.25) is 0 Å². The molecule has 1 N–H and O–H groups in total. The lowest BCUT2D eigenvalue weighted by Crippen LogP contribution is -2.46. The first-order chi connectivity index (χ1) is 11.1. The Hall–Kier alpha value is -1.95. The van der Waals surface area contributed by atoms with Gasteiger partial charge >= 0.3 is 6.09 Å². The summed E-state index contributed by atoms with van der Waals surface area (Å²) in [4.78, 5) is 25.8. The Morgan fingerprint density at radius 3 is 2.83 bits per heavy atom. The van der Waals surface area contributed by atoms with E-state index in [4.69, 9.17) is 4.74 Å². The Morgan fingerprint density at radius 2 is 2.13 bits per heavy atom. The van der Waals surface area contributed by atoms with Crippen molar-refractivity contribution in [3.63, 3.8) is 0 Å². The van der Waals surface area contributed by atoms with Crippen LogP contribution in [0.3, 0.4) is 0 Å². The molecule has 0 radical (unpaired) electrons. The van der Waals surface area contributed by atoms with Crippen LogP contribution in [0.25, 0.3) is 0 Å². The summed E-state index contributed by atoms with van der Waals surface area (Å²) in [5.74, 6) is -0.159. The molecule has 0 aromatic heterocycles. The number of amides is 2. The highest BCUT2D eigenvalue weighted by atomic mass is 32.1. The van der Waals surface area contributed by atoms with Gasteiger partial charge in [0.25, 0.3) is 0 Å². The van der Waals surface area contributed by atoms with E-state index in [-0.39, 0.29) is 17.8 Å². The van der Waals surface area contributed by atoms with Gasteiger partial charge in [-0.25, -0.2) is 4.79 Å². The van der Waals surface area contributed by atoms with Crippen LogP contribution in [-0.4, -0.2) is 47.9 Å². The number of nitrogens with zero attached hydrogens (tertiary/aromatic N) is 1. The predicted molar refractivity (Wildman–Crippen MR) is 92.6 cm³/mol. The van der Waals surface area contributed by atoms with Crippen molar-refractivity contribution < 1.29 is 14.3 Å². The van der Waals surface area contributed by atoms with Gasteiger partial charge in [-0.2, -0.15) is 12.6 Å². The summed E-state index contributed by atoms with van der Waals surface area (Å²) in [5.41, 5.74) is 1.16. The third kappa shape index (κ3) is 5.03. The molecular formula is C17H22N2O3S. The summed E-state index contributed by atoms with van der Waals surface area (Å²) in [6.07, 6.45) is 2.29. The van der Waals surface area contributed by atoms with E-state index in [1.54, 1.807) is 0 Å². The average Bonchev–Trinajstić information content (AvgIpc) is 2.95. The van der Waals surface area contributed by atoms with Crippen molar-refractivity contribution in [2.24, 2.45) is 0 Å². The fourth-order valence-electron chi connectivity index (χ4n) is 2.57. The van der Waals surface area contributed by atoms with Crippen LogP contribution >= 0.6 is 12.6 Å². The average molecular weight is 334 g/mol. The maximum atomic E-state index is 12.4. The maximum absolute atomic E-state index is 12.4. The van der Waals surface area contributed by atoms with Crippen LogP contribution in [0.15, 0.2) is 43.0 Å². The molecule has 5 nitrogen and oxygen atoms in total. The molecule has 1 aliphatic rings. The van der Waals surface area contributed by atoms with Crippen molar-refractivity contribution in [1.29, 1.82) is 0 Å². The van der Waals surface area contributed by atoms with Gasteiger partial charge in [-0.15, -0.1) is 0 Å². The first-order valence-electron chi connectivity index (χ1n) is 7.65. The molecule has 2 rings (SSSR count). The molecule has 2 unspecified atom stereocenters. The van der Waals surface area contributed by atoms with Gasteiger partial charge in [0.2, 0.25) is 5.91 Å². The number of ether oxygens (including phenoxy) is 1. The lowest BCUT2D eigenvalue weighted by molar-refractivity contribution is -0.125. The second-order valence-corrected chi connectivity index (χ2v) is 6.18. The van der Waals surface area contributed by atoms with Crippen LogP contribution in [0.1, 0.15) is 12.0 Å². The third-order valence-electron chi connectivity index (χ3n) is 3.70. The van der Waals surface area contributed by atoms with E-state index in [0.717, 1.165) is 12.0 Å². The highest BCUT2D eigenvalue weighted by Crippen LogP contribution is 2.22. The Morgan fingerprint density at radius 1 is 1.39 bits per heavy atom. The van der Waals surface area contributed by atoms with Gasteiger partial charge in [-0.1, -0.05) is 43.0 Å². The molecule has 2 amide bonds. The number of rotatable bonds is 6. The van der Waals surface area contributed by atoms with Crippen LogP contribution in [-0.2, 0) is 16.0 Å². The Labute approximate surface area is 142 Å². The zero-order valence-electron chi connectivity index (χ0n) is 13.0. The summed E-state index contributed by atoms with van der Waals surface area (Å²) < 4.78 is 5.03. The molecule has 1 aliphatic heterocycles. The van der Waals surface area contributed by atoms with Crippen LogP contribution < -0.4 is 5.32 Å². The van der Waals surface area contributed by atoms with Gasteiger partial charge in [-0.3, -0.25) is 9.69 Å². The normalized spacial score (nSPS) is 20.1. The summed E-state index contributed by atoms with van der Waals surface area (Å²) in [6, 6.07) is 9.41. The van der Waals surface area contributed by atoms with E-state index in [2.05, 4.69) is 24.5 Å². The standard InChI is InChI=1S/C17H22N2O3S/c1-2-10-22-17(21)19-12-14(23)11-15(19)16(20)18-9-8-13-6-4-3-5-7-13/h2-7,14-15,23H,1,8-12H2,(H,18,20). The Bertz CT molecular complexity index is 550. The van der Waals surface area contributed by atoms with Gasteiger partial charge in [0.05, 0.1) is 0 Å². The molecule has 0 aliphatic carbocycles. The first-order valence-corrected chi connectivity index (χ1v) is 8.17. The number of carbonyl (C=O) groups excluding carboxylic acids is 2. The lowest BCUT2D eigenvalue weighted by Gasteiger charge is -2.22. The zero-order valence-corrected chi connectivity index (χ0v) is 13.9. The van der Waals surface area contributed by atoms with Crippen molar-refractivity contribution in [3.8, 4) is 0 Å². The van der Waals surface area contributed by atoms with Crippen molar-refractivity contribution in [2.75, 3.05) is 19.7 Å². The van der Waals surface area contributed by atoms with Crippen LogP contribution in [0.5, 0.6) is 0 Å². The van der Waals surface area contributed by atoms with Gasteiger partial charge in [0, 0.05) is 18.3 Å². The SMILES string of the molecule is C=CCOC(=O)N1CC(S)CC1C(=O)NCCc1ccccc1. The molecule has 1 fully saturated rings. The highest BCUT2D eigenvalue weighted by molar-refractivity contribution is 7.81. The number of hydrogen-bond acceptors (Lipinski definition) is 4. The number of nitrogens with one attached hydrogen (secondary N) is 1. The first kappa shape index (κ1) is 17.4. The molecule has 1 aromatic rings. The summed E-state index contributed by atoms with van der Waals surface area (Å²) in [5, 5.41) is 2.87. The van der Waals surface area contributed by atoms with Gasteiger partial charge < -0.3 is 10.1 Å². The topological polar surface area (TPSA) is 58.6 Å². The minimum atomic E-state index is -0.523. The number of likely N-dealkylation sites (tertiary alicyclic amines) is 1. The van der Waals surface area contributed by atoms with E-state index in [1.165, 1.54) is 11.0 Å². The molecular weight excluding hydrogens is 312 g/mol. The monoisotopic (exact) mass is 334 g/mol. The number of benzene rings is 1. The molecule has 0 saturated carbocycles. The molecule has 0 bridgehead atoms. The van der Waals surface area contributed by atoms with Gasteiger partial charge in [0.1, 0.15) is 12.6 Å². The van der Waals surface area contributed by atoms with Crippen LogP contribution in [0, 0.1) is 0 Å². The molecule has 1 aromatic carbocycles. The fourth-order valence-corrected chi connectivity index (χ4v) is 2.95. The van der Waals surface area contributed by atoms with Gasteiger partial charge in [-0.05, 0) is 18.4 Å². The van der Waals surface area contributed by atoms with E-state index < -0.39 is 12.1 Å².